The molecule has 1 saturated carbocycles. The number of fused-ring (bicyclic) bond motifs is 3. The topological polar surface area (TPSA) is 105 Å². The Morgan fingerprint density at radius 2 is 1.63 bits per heavy atom. The highest BCUT2D eigenvalue weighted by Crippen LogP contribution is 2.44. The molecule has 0 spiro atoms. The van der Waals surface area contributed by atoms with E-state index in [1.807, 2.05) is 24.3 Å². The maximum Gasteiger partial charge on any atom is 0.407 e. The number of nitrogens with one attached hydrogen (secondary N) is 2. The molecule has 8 heteroatoms. The van der Waals surface area contributed by atoms with Crippen molar-refractivity contribution in [3.63, 3.8) is 0 Å². The van der Waals surface area contributed by atoms with E-state index in [-0.39, 0.29) is 46.5 Å². The molecule has 2 aliphatic rings. The number of aromatic carboxylic acids is 1. The number of anilines is 1. The van der Waals surface area contributed by atoms with Crippen LogP contribution in [0.15, 0.2) is 66.7 Å². The number of ether oxygens (including phenoxy) is 1. The summed E-state index contributed by atoms with van der Waals surface area (Å²) in [5.74, 6) is -1.81. The van der Waals surface area contributed by atoms with Gasteiger partial charge in [-0.3, -0.25) is 4.79 Å². The van der Waals surface area contributed by atoms with Crippen molar-refractivity contribution in [2.24, 2.45) is 11.8 Å². The minimum absolute atomic E-state index is 0.0181. The molecular weight excluding hydrogens is 468 g/mol. The Morgan fingerprint density at radius 1 is 0.971 bits per heavy atom. The van der Waals surface area contributed by atoms with E-state index in [1.54, 1.807) is 0 Å². The molecule has 178 valence electrons. The molecule has 3 aromatic rings. The summed E-state index contributed by atoms with van der Waals surface area (Å²) in [7, 11) is 0. The summed E-state index contributed by atoms with van der Waals surface area (Å²) in [6, 6.07) is 20.5. The molecule has 3 N–H and O–H groups in total. The van der Waals surface area contributed by atoms with Crippen molar-refractivity contribution in [1.29, 1.82) is 0 Å². The molecule has 0 aliphatic heterocycles. The third-order valence-corrected chi connectivity index (χ3v) is 6.82. The molecule has 5 rings (SSSR count). The van der Waals surface area contributed by atoms with Gasteiger partial charge in [-0.1, -0.05) is 60.1 Å². The summed E-state index contributed by atoms with van der Waals surface area (Å²) >= 11 is 5.86. The molecule has 3 aromatic carbocycles. The molecule has 2 aliphatic carbocycles. The molecule has 1 fully saturated rings. The lowest BCUT2D eigenvalue weighted by molar-refractivity contribution is -0.117. The Hall–Kier alpha value is -3.84. The highest BCUT2D eigenvalue weighted by atomic mass is 35.5. The van der Waals surface area contributed by atoms with Crippen LogP contribution in [0.3, 0.4) is 0 Å². The van der Waals surface area contributed by atoms with E-state index in [1.165, 1.54) is 18.2 Å². The van der Waals surface area contributed by atoms with Gasteiger partial charge in [0.25, 0.3) is 0 Å². The molecule has 2 amide bonds. The summed E-state index contributed by atoms with van der Waals surface area (Å²) in [5.41, 5.74) is 4.74. The highest BCUT2D eigenvalue weighted by molar-refractivity contribution is 6.31. The van der Waals surface area contributed by atoms with Crippen LogP contribution in [0.1, 0.15) is 33.8 Å². The van der Waals surface area contributed by atoms with Gasteiger partial charge in [0.2, 0.25) is 5.91 Å². The monoisotopic (exact) mass is 490 g/mol. The van der Waals surface area contributed by atoms with Crippen LogP contribution in [-0.4, -0.2) is 36.2 Å². The second-order valence-electron chi connectivity index (χ2n) is 8.79. The van der Waals surface area contributed by atoms with Crippen molar-refractivity contribution >= 4 is 35.3 Å². The average molecular weight is 491 g/mol. The van der Waals surface area contributed by atoms with Crippen LogP contribution >= 0.6 is 11.6 Å². The molecule has 0 saturated heterocycles. The van der Waals surface area contributed by atoms with Gasteiger partial charge in [-0.25, -0.2) is 9.59 Å². The smallest absolute Gasteiger partial charge is 0.407 e. The lowest BCUT2D eigenvalue weighted by Gasteiger charge is -2.14. The predicted molar refractivity (Wildman–Crippen MR) is 132 cm³/mol. The van der Waals surface area contributed by atoms with Crippen LogP contribution in [0, 0.1) is 11.8 Å². The van der Waals surface area contributed by atoms with Gasteiger partial charge in [-0.15, -0.1) is 0 Å². The third kappa shape index (κ3) is 4.72. The van der Waals surface area contributed by atoms with Gasteiger partial charge < -0.3 is 20.5 Å². The van der Waals surface area contributed by atoms with Gasteiger partial charge in [-0.05, 0) is 52.8 Å². The first kappa shape index (κ1) is 22.9. The number of hydrogen-bond acceptors (Lipinski definition) is 4. The Kier molecular flexibility index (Phi) is 6.17. The van der Waals surface area contributed by atoms with Gasteiger partial charge in [-0.2, -0.15) is 0 Å². The van der Waals surface area contributed by atoms with Crippen LogP contribution < -0.4 is 10.6 Å². The van der Waals surface area contributed by atoms with E-state index in [0.29, 0.717) is 13.0 Å². The van der Waals surface area contributed by atoms with Crippen LogP contribution in [-0.2, 0) is 9.53 Å². The van der Waals surface area contributed by atoms with Crippen molar-refractivity contribution in [2.75, 3.05) is 18.5 Å². The van der Waals surface area contributed by atoms with E-state index < -0.39 is 12.1 Å². The molecule has 0 heterocycles. The zero-order valence-corrected chi connectivity index (χ0v) is 19.4. The Labute approximate surface area is 207 Å². The number of rotatable bonds is 7. The van der Waals surface area contributed by atoms with Gasteiger partial charge in [0, 0.05) is 23.4 Å². The fourth-order valence-electron chi connectivity index (χ4n) is 4.69. The number of halogens is 1. The first-order valence-electron chi connectivity index (χ1n) is 11.3. The zero-order valence-electron chi connectivity index (χ0n) is 18.7. The van der Waals surface area contributed by atoms with Crippen LogP contribution in [0.2, 0.25) is 5.02 Å². The fourth-order valence-corrected chi connectivity index (χ4v) is 4.86. The molecule has 0 aromatic heterocycles. The molecule has 35 heavy (non-hydrogen) atoms. The fraction of sp³-hybridized carbons (Fsp3) is 0.222. The van der Waals surface area contributed by atoms with Gasteiger partial charge in [0.05, 0.1) is 11.3 Å². The van der Waals surface area contributed by atoms with E-state index in [0.717, 1.165) is 22.3 Å². The Morgan fingerprint density at radius 3 is 2.29 bits per heavy atom. The first-order chi connectivity index (χ1) is 16.9. The summed E-state index contributed by atoms with van der Waals surface area (Å²) in [6.07, 6.45) is 0.0784. The van der Waals surface area contributed by atoms with Crippen LogP contribution in [0.5, 0.6) is 0 Å². The van der Waals surface area contributed by atoms with Crippen molar-refractivity contribution in [3.8, 4) is 11.1 Å². The molecule has 0 bridgehead atoms. The van der Waals surface area contributed by atoms with E-state index in [9.17, 15) is 19.5 Å². The molecule has 7 nitrogen and oxygen atoms in total. The van der Waals surface area contributed by atoms with E-state index in [2.05, 4.69) is 34.9 Å². The number of carboxylic acids is 1. The van der Waals surface area contributed by atoms with E-state index in [4.69, 9.17) is 16.3 Å². The standard InChI is InChI=1S/C27H23ClN2O5/c28-16-9-10-24(22(12-16)26(32)33)30-25(31)21-11-15(21)13-29-27(34)35-14-23-19-7-3-1-5-17(19)18-6-2-4-8-20(18)23/h1-10,12,15,21,23H,11,13-14H2,(H,29,34)(H,30,31)(H,32,33). The summed E-state index contributed by atoms with van der Waals surface area (Å²) < 4.78 is 5.53. The number of carbonyl (C=O) groups is 3. The number of benzene rings is 3. The number of carboxylic acid groups (broad SMARTS) is 1. The van der Waals surface area contributed by atoms with Crippen molar-refractivity contribution in [2.45, 2.75) is 12.3 Å². The number of amides is 2. The lowest BCUT2D eigenvalue weighted by Crippen LogP contribution is -2.29. The van der Waals surface area contributed by atoms with Gasteiger partial charge >= 0.3 is 12.1 Å². The molecule has 0 radical (unpaired) electrons. The van der Waals surface area contributed by atoms with E-state index >= 15 is 0 Å². The summed E-state index contributed by atoms with van der Waals surface area (Å²) in [5, 5.41) is 15.0. The zero-order chi connectivity index (χ0) is 24.5. The lowest BCUT2D eigenvalue weighted by atomic mass is 9.98. The maximum absolute atomic E-state index is 12.5. The minimum Gasteiger partial charge on any atom is -0.478 e. The molecular formula is C27H23ClN2O5. The second kappa shape index (κ2) is 9.43. The SMILES string of the molecule is O=C(NCC1CC1C(=O)Nc1ccc(Cl)cc1C(=O)O)OCC1c2ccccc2-c2ccccc21. The molecule has 2 atom stereocenters. The number of hydrogen-bond donors (Lipinski definition) is 3. The van der Waals surface area contributed by atoms with Crippen molar-refractivity contribution < 1.29 is 24.2 Å². The first-order valence-corrected chi connectivity index (χ1v) is 11.7. The quantitative estimate of drug-likeness (QED) is 0.424. The third-order valence-electron chi connectivity index (χ3n) is 6.58. The maximum atomic E-state index is 12.5. The van der Waals surface area contributed by atoms with Gasteiger partial charge in [0.1, 0.15) is 6.61 Å². The van der Waals surface area contributed by atoms with Crippen LogP contribution in [0.4, 0.5) is 10.5 Å². The number of alkyl carbamates (subject to hydrolysis) is 1. The summed E-state index contributed by atoms with van der Waals surface area (Å²) in [4.78, 5) is 36.3. The highest BCUT2D eigenvalue weighted by Gasteiger charge is 2.43. The average Bonchev–Trinajstić information content (AvgIpc) is 3.57. The predicted octanol–water partition coefficient (Wildman–Crippen LogP) is 5.15. The summed E-state index contributed by atoms with van der Waals surface area (Å²) in [6.45, 7) is 0.532. The van der Waals surface area contributed by atoms with Crippen molar-refractivity contribution in [1.82, 2.24) is 5.32 Å². The van der Waals surface area contributed by atoms with Crippen LogP contribution in [0.25, 0.3) is 11.1 Å². The molecule has 2 unspecified atom stereocenters. The van der Waals surface area contributed by atoms with Crippen molar-refractivity contribution in [3.05, 3.63) is 88.4 Å². The number of carbonyl (C=O) groups excluding carboxylic acids is 2. The second-order valence-corrected chi connectivity index (χ2v) is 9.23. The largest absolute Gasteiger partial charge is 0.478 e. The van der Waals surface area contributed by atoms with Gasteiger partial charge in [0.15, 0.2) is 0 Å². The Balaban J connectivity index is 1.12. The Bertz CT molecular complexity index is 1280. The normalized spacial score (nSPS) is 17.7. The minimum atomic E-state index is -1.17.